The van der Waals surface area contributed by atoms with Crippen LogP contribution in [0.15, 0.2) is 54.6 Å². The molecule has 0 saturated carbocycles. The van der Waals surface area contributed by atoms with Crippen LogP contribution in [0.5, 0.6) is 0 Å². The summed E-state index contributed by atoms with van der Waals surface area (Å²) in [4.78, 5) is 14.8. The number of nitriles is 1. The summed E-state index contributed by atoms with van der Waals surface area (Å²) < 4.78 is 0. The third-order valence-corrected chi connectivity index (χ3v) is 5.20. The van der Waals surface area contributed by atoms with Crippen molar-refractivity contribution in [1.29, 1.82) is 5.26 Å². The maximum Gasteiger partial charge on any atom is 0.241 e. The maximum absolute atomic E-state index is 12.5. The molecule has 1 saturated heterocycles. The number of rotatable bonds is 5. The third-order valence-electron chi connectivity index (χ3n) is 5.20. The van der Waals surface area contributed by atoms with Crippen molar-refractivity contribution < 1.29 is 4.79 Å². The summed E-state index contributed by atoms with van der Waals surface area (Å²) in [6.45, 7) is 3.86. The number of benzene rings is 2. The zero-order valence-electron chi connectivity index (χ0n) is 15.2. The lowest BCUT2D eigenvalue weighted by Gasteiger charge is -2.35. The van der Waals surface area contributed by atoms with Crippen LogP contribution in [0, 0.1) is 17.2 Å². The van der Waals surface area contributed by atoms with Crippen molar-refractivity contribution in [3.05, 3.63) is 65.7 Å². The number of amides is 1. The molecule has 0 bridgehead atoms. The lowest BCUT2D eigenvalue weighted by Crippen LogP contribution is -2.46. The summed E-state index contributed by atoms with van der Waals surface area (Å²) in [5.74, 6) is 0.679. The van der Waals surface area contributed by atoms with E-state index in [0.29, 0.717) is 17.2 Å². The summed E-state index contributed by atoms with van der Waals surface area (Å²) in [5, 5.41) is 11.9. The Labute approximate surface area is 155 Å². The number of likely N-dealkylation sites (tertiary alicyclic amines) is 1. The second-order valence-electron chi connectivity index (χ2n) is 7.03. The lowest BCUT2D eigenvalue weighted by atomic mass is 9.89. The van der Waals surface area contributed by atoms with Crippen LogP contribution in [-0.2, 0) is 11.2 Å². The molecular formula is C22H25N3O. The molecule has 0 aliphatic carbocycles. The molecule has 2 aromatic rings. The van der Waals surface area contributed by atoms with Crippen molar-refractivity contribution in [1.82, 2.24) is 4.90 Å². The van der Waals surface area contributed by atoms with E-state index >= 15 is 0 Å². The van der Waals surface area contributed by atoms with E-state index in [1.54, 1.807) is 18.2 Å². The van der Waals surface area contributed by atoms with Crippen molar-refractivity contribution in [3.63, 3.8) is 0 Å². The molecule has 1 heterocycles. The van der Waals surface area contributed by atoms with Crippen molar-refractivity contribution in [2.75, 3.05) is 18.4 Å². The van der Waals surface area contributed by atoms with E-state index in [1.165, 1.54) is 5.56 Å². The van der Waals surface area contributed by atoms with Crippen molar-refractivity contribution in [2.24, 2.45) is 5.92 Å². The van der Waals surface area contributed by atoms with Gasteiger partial charge in [-0.1, -0.05) is 36.4 Å². The number of nitrogens with one attached hydrogen (secondary N) is 1. The van der Waals surface area contributed by atoms with Gasteiger partial charge in [0.15, 0.2) is 0 Å². The average Bonchev–Trinajstić information content (AvgIpc) is 2.69. The van der Waals surface area contributed by atoms with Crippen LogP contribution in [0.25, 0.3) is 0 Å². The van der Waals surface area contributed by atoms with Crippen LogP contribution in [0.1, 0.15) is 30.9 Å². The number of carbonyl (C=O) groups is 1. The van der Waals surface area contributed by atoms with Gasteiger partial charge < -0.3 is 5.32 Å². The molecule has 0 unspecified atom stereocenters. The zero-order valence-corrected chi connectivity index (χ0v) is 15.2. The standard InChI is InChI=1S/C22H25N3O/c1-17(22(26)24-21-9-5-8-20(15-21)16-23)25-12-10-19(11-13-25)14-18-6-3-2-4-7-18/h2-9,15,17,19H,10-14H2,1H3,(H,24,26)/t17-/m1/s1. The highest BCUT2D eigenvalue weighted by Crippen LogP contribution is 2.23. The largest absolute Gasteiger partial charge is 0.325 e. The normalized spacial score (nSPS) is 16.6. The first kappa shape index (κ1) is 18.2. The quantitative estimate of drug-likeness (QED) is 0.894. The smallest absolute Gasteiger partial charge is 0.241 e. The van der Waals surface area contributed by atoms with Gasteiger partial charge in [0.2, 0.25) is 5.91 Å². The van der Waals surface area contributed by atoms with Gasteiger partial charge >= 0.3 is 0 Å². The number of hydrogen-bond acceptors (Lipinski definition) is 3. The summed E-state index contributed by atoms with van der Waals surface area (Å²) in [6, 6.07) is 19.6. The van der Waals surface area contributed by atoms with Gasteiger partial charge in [0.05, 0.1) is 17.7 Å². The van der Waals surface area contributed by atoms with Gasteiger partial charge in [-0.15, -0.1) is 0 Å². The van der Waals surface area contributed by atoms with Gasteiger partial charge in [-0.25, -0.2) is 0 Å². The first-order valence-electron chi connectivity index (χ1n) is 9.24. The highest BCUT2D eigenvalue weighted by atomic mass is 16.2. The number of nitrogens with zero attached hydrogens (tertiary/aromatic N) is 2. The van der Waals surface area contributed by atoms with E-state index in [9.17, 15) is 4.79 Å². The van der Waals surface area contributed by atoms with Gasteiger partial charge in [-0.05, 0) is 69.0 Å². The van der Waals surface area contributed by atoms with Gasteiger partial charge in [-0.3, -0.25) is 9.69 Å². The van der Waals surface area contributed by atoms with Gasteiger partial charge in [-0.2, -0.15) is 5.26 Å². The molecule has 1 aliphatic rings. The molecule has 1 aliphatic heterocycles. The molecule has 4 heteroatoms. The Balaban J connectivity index is 1.50. The molecule has 1 atom stereocenters. The second kappa shape index (κ2) is 8.64. The fraction of sp³-hybridized carbons (Fsp3) is 0.364. The minimum absolute atomic E-state index is 0.0124. The Morgan fingerprint density at radius 1 is 1.19 bits per heavy atom. The Hall–Kier alpha value is -2.64. The second-order valence-corrected chi connectivity index (χ2v) is 7.03. The molecule has 0 aromatic heterocycles. The Kier molecular flexibility index (Phi) is 6.04. The molecule has 26 heavy (non-hydrogen) atoms. The summed E-state index contributed by atoms with van der Waals surface area (Å²) >= 11 is 0. The predicted octanol–water partition coefficient (Wildman–Crippen LogP) is 3.84. The molecule has 2 aromatic carbocycles. The van der Waals surface area contributed by atoms with Gasteiger partial charge in [0, 0.05) is 5.69 Å². The molecule has 0 radical (unpaired) electrons. The lowest BCUT2D eigenvalue weighted by molar-refractivity contribution is -0.121. The number of hydrogen-bond donors (Lipinski definition) is 1. The van der Waals surface area contributed by atoms with Crippen molar-refractivity contribution >= 4 is 11.6 Å². The van der Waals surface area contributed by atoms with E-state index in [2.05, 4.69) is 46.6 Å². The Morgan fingerprint density at radius 3 is 2.62 bits per heavy atom. The van der Waals surface area contributed by atoms with E-state index < -0.39 is 0 Å². The van der Waals surface area contributed by atoms with Crippen LogP contribution < -0.4 is 5.32 Å². The van der Waals surface area contributed by atoms with E-state index in [-0.39, 0.29) is 11.9 Å². The molecule has 1 amide bonds. The molecule has 1 N–H and O–H groups in total. The van der Waals surface area contributed by atoms with Crippen molar-refractivity contribution in [3.8, 4) is 6.07 Å². The number of anilines is 1. The minimum atomic E-state index is -0.168. The summed E-state index contributed by atoms with van der Waals surface area (Å²) in [6.07, 6.45) is 3.36. The van der Waals surface area contributed by atoms with Gasteiger partial charge in [0.25, 0.3) is 0 Å². The summed E-state index contributed by atoms with van der Waals surface area (Å²) in [5.41, 5.74) is 2.63. The zero-order chi connectivity index (χ0) is 18.4. The average molecular weight is 347 g/mol. The molecule has 3 rings (SSSR count). The van der Waals surface area contributed by atoms with E-state index in [0.717, 1.165) is 32.4 Å². The molecule has 4 nitrogen and oxygen atoms in total. The Bertz CT molecular complexity index is 773. The molecule has 134 valence electrons. The molecular weight excluding hydrogens is 322 g/mol. The highest BCUT2D eigenvalue weighted by Gasteiger charge is 2.26. The minimum Gasteiger partial charge on any atom is -0.325 e. The van der Waals surface area contributed by atoms with Crippen LogP contribution in [-0.4, -0.2) is 29.9 Å². The first-order valence-corrected chi connectivity index (χ1v) is 9.24. The molecule has 0 spiro atoms. The van der Waals surface area contributed by atoms with E-state index in [1.807, 2.05) is 13.0 Å². The monoisotopic (exact) mass is 347 g/mol. The topological polar surface area (TPSA) is 56.1 Å². The fourth-order valence-electron chi connectivity index (χ4n) is 3.57. The SMILES string of the molecule is C[C@H](C(=O)Nc1cccc(C#N)c1)N1CCC(Cc2ccccc2)CC1. The van der Waals surface area contributed by atoms with Crippen LogP contribution >= 0.6 is 0 Å². The van der Waals surface area contributed by atoms with Crippen molar-refractivity contribution in [2.45, 2.75) is 32.2 Å². The maximum atomic E-state index is 12.5. The molecule has 1 fully saturated rings. The number of piperidine rings is 1. The predicted molar refractivity (Wildman–Crippen MR) is 104 cm³/mol. The highest BCUT2D eigenvalue weighted by molar-refractivity contribution is 5.94. The number of carbonyl (C=O) groups excluding carboxylic acids is 1. The van der Waals surface area contributed by atoms with Gasteiger partial charge in [0.1, 0.15) is 0 Å². The van der Waals surface area contributed by atoms with Crippen LogP contribution in [0.3, 0.4) is 0 Å². The van der Waals surface area contributed by atoms with Crippen LogP contribution in [0.4, 0.5) is 5.69 Å². The Morgan fingerprint density at radius 2 is 1.92 bits per heavy atom. The van der Waals surface area contributed by atoms with Crippen LogP contribution in [0.2, 0.25) is 0 Å². The third kappa shape index (κ3) is 4.71. The van der Waals surface area contributed by atoms with E-state index in [4.69, 9.17) is 5.26 Å². The summed E-state index contributed by atoms with van der Waals surface area (Å²) in [7, 11) is 0. The fourth-order valence-corrected chi connectivity index (χ4v) is 3.57. The first-order chi connectivity index (χ1) is 12.7.